The van der Waals surface area contributed by atoms with Gasteiger partial charge in [0.05, 0.1) is 12.6 Å². The van der Waals surface area contributed by atoms with Gasteiger partial charge in [-0.3, -0.25) is 5.43 Å². The number of hydrazone groups is 2. The van der Waals surface area contributed by atoms with Crippen LogP contribution in [-0.2, 0) is 4.74 Å². The van der Waals surface area contributed by atoms with Gasteiger partial charge in [-0.05, 0) is 13.8 Å². The van der Waals surface area contributed by atoms with E-state index in [0.29, 0.717) is 26.2 Å². The van der Waals surface area contributed by atoms with E-state index in [-0.39, 0.29) is 12.2 Å². The zero-order valence-corrected chi connectivity index (χ0v) is 10.1. The topological polar surface area (TPSA) is 69.5 Å². The molecule has 0 aromatic rings. The Kier molecular flexibility index (Phi) is 3.46. The average molecular weight is 239 g/mol. The van der Waals surface area contributed by atoms with Crippen molar-refractivity contribution in [2.45, 2.75) is 26.4 Å². The second kappa shape index (κ2) is 5.03. The summed E-state index contributed by atoms with van der Waals surface area (Å²) in [4.78, 5) is 13.4. The summed E-state index contributed by atoms with van der Waals surface area (Å²) in [6.07, 6.45) is 1.60. The number of carbonyl (C=O) groups excluding carboxylic acids is 1. The normalized spacial score (nSPS) is 21.6. The molecule has 0 aromatic heterocycles. The molecule has 2 heterocycles. The Hall–Kier alpha value is -1.79. The van der Waals surface area contributed by atoms with E-state index in [9.17, 15) is 4.79 Å². The van der Waals surface area contributed by atoms with Gasteiger partial charge in [0, 0.05) is 13.1 Å². The van der Waals surface area contributed by atoms with Crippen LogP contribution in [0.4, 0.5) is 4.79 Å². The smallest absolute Gasteiger partial charge is 0.410 e. The van der Waals surface area contributed by atoms with Gasteiger partial charge in [-0.15, -0.1) is 0 Å². The number of nitrogens with one attached hydrogen (secondary N) is 1. The highest BCUT2D eigenvalue weighted by atomic mass is 16.6. The van der Waals surface area contributed by atoms with E-state index in [1.807, 2.05) is 13.8 Å². The van der Waals surface area contributed by atoms with Crippen LogP contribution >= 0.6 is 0 Å². The SMILES string of the molecule is CCN(CC)C(=O)OC1C=NN2CNN=C2C1. The van der Waals surface area contributed by atoms with Crippen LogP contribution in [0.15, 0.2) is 10.2 Å². The summed E-state index contributed by atoms with van der Waals surface area (Å²) in [5, 5.41) is 9.98. The minimum atomic E-state index is -0.321. The standard InChI is InChI=1S/C10H17N5O2/c1-3-14(4-2)10(16)17-8-5-9-13-11-7-15(9)12-6-8/h6,8,11H,3-5,7H2,1-2H3. The van der Waals surface area contributed by atoms with Crippen LogP contribution in [0.1, 0.15) is 20.3 Å². The minimum Gasteiger partial charge on any atom is -0.440 e. The fourth-order valence-electron chi connectivity index (χ4n) is 1.75. The molecule has 0 aliphatic carbocycles. The van der Waals surface area contributed by atoms with Crippen molar-refractivity contribution >= 4 is 18.1 Å². The lowest BCUT2D eigenvalue weighted by molar-refractivity contribution is 0.0906. The molecule has 2 aliphatic rings. The first kappa shape index (κ1) is 11.7. The largest absolute Gasteiger partial charge is 0.440 e. The molecule has 0 bridgehead atoms. The summed E-state index contributed by atoms with van der Waals surface area (Å²) in [5.41, 5.74) is 2.83. The zero-order valence-electron chi connectivity index (χ0n) is 10.1. The van der Waals surface area contributed by atoms with Gasteiger partial charge < -0.3 is 9.64 Å². The number of fused-ring (bicyclic) bond motifs is 1. The van der Waals surface area contributed by atoms with E-state index in [0.717, 1.165) is 5.84 Å². The zero-order chi connectivity index (χ0) is 12.3. The summed E-state index contributed by atoms with van der Waals surface area (Å²) in [7, 11) is 0. The van der Waals surface area contributed by atoms with Crippen LogP contribution in [0.3, 0.4) is 0 Å². The van der Waals surface area contributed by atoms with Crippen molar-refractivity contribution in [1.82, 2.24) is 15.3 Å². The minimum absolute atomic E-state index is 0.300. The van der Waals surface area contributed by atoms with Crippen LogP contribution in [0.5, 0.6) is 0 Å². The number of rotatable bonds is 3. The molecule has 94 valence electrons. The lowest BCUT2D eigenvalue weighted by atomic mass is 10.2. The molecule has 0 saturated carbocycles. The molecular formula is C10H17N5O2. The molecular weight excluding hydrogens is 222 g/mol. The molecule has 1 unspecified atom stereocenters. The molecule has 1 amide bonds. The molecule has 1 N–H and O–H groups in total. The van der Waals surface area contributed by atoms with Crippen molar-refractivity contribution in [3.8, 4) is 0 Å². The molecule has 2 aliphatic heterocycles. The first-order valence-corrected chi connectivity index (χ1v) is 5.81. The average Bonchev–Trinajstić information content (AvgIpc) is 2.77. The number of amidine groups is 1. The number of nitrogens with zero attached hydrogens (tertiary/aromatic N) is 4. The second-order valence-corrected chi connectivity index (χ2v) is 3.81. The number of amides is 1. The van der Waals surface area contributed by atoms with E-state index < -0.39 is 0 Å². The Bertz CT molecular complexity index is 351. The molecule has 7 nitrogen and oxygen atoms in total. The summed E-state index contributed by atoms with van der Waals surface area (Å²) in [5.74, 6) is 0.810. The third-order valence-electron chi connectivity index (χ3n) is 2.76. The third kappa shape index (κ3) is 2.48. The number of hydrogen-bond donors (Lipinski definition) is 1. The van der Waals surface area contributed by atoms with Gasteiger partial charge >= 0.3 is 6.09 Å². The number of ether oxygens (including phenoxy) is 1. The highest BCUT2D eigenvalue weighted by Crippen LogP contribution is 2.13. The predicted octanol–water partition coefficient (Wildman–Crippen LogP) is 0.399. The van der Waals surface area contributed by atoms with Gasteiger partial charge in [-0.1, -0.05) is 0 Å². The van der Waals surface area contributed by atoms with E-state index in [2.05, 4.69) is 15.6 Å². The summed E-state index contributed by atoms with van der Waals surface area (Å²) in [6.45, 7) is 5.73. The van der Waals surface area contributed by atoms with Crippen LogP contribution < -0.4 is 5.43 Å². The molecule has 1 atom stereocenters. The predicted molar refractivity (Wildman–Crippen MR) is 63.6 cm³/mol. The Labute approximate surface area is 100 Å². The fraction of sp³-hybridized carbons (Fsp3) is 0.700. The monoisotopic (exact) mass is 239 g/mol. The van der Waals surface area contributed by atoms with Gasteiger partial charge in [0.2, 0.25) is 0 Å². The molecule has 0 spiro atoms. The van der Waals surface area contributed by atoms with Crippen molar-refractivity contribution in [2.75, 3.05) is 19.8 Å². The first-order chi connectivity index (χ1) is 8.24. The maximum atomic E-state index is 11.7. The fourth-order valence-corrected chi connectivity index (χ4v) is 1.75. The van der Waals surface area contributed by atoms with E-state index in [4.69, 9.17) is 4.74 Å². The molecule has 7 heteroatoms. The van der Waals surface area contributed by atoms with Gasteiger partial charge in [0.15, 0.2) is 5.84 Å². The van der Waals surface area contributed by atoms with Gasteiger partial charge in [-0.2, -0.15) is 10.2 Å². The van der Waals surface area contributed by atoms with E-state index in [1.54, 1.807) is 16.1 Å². The summed E-state index contributed by atoms with van der Waals surface area (Å²) < 4.78 is 5.35. The number of carbonyl (C=O) groups is 1. The van der Waals surface area contributed by atoms with Crippen molar-refractivity contribution in [2.24, 2.45) is 10.2 Å². The second-order valence-electron chi connectivity index (χ2n) is 3.81. The Morgan fingerprint density at radius 2 is 2.41 bits per heavy atom. The van der Waals surface area contributed by atoms with Gasteiger partial charge in [0.25, 0.3) is 0 Å². The molecule has 0 radical (unpaired) electrons. The molecule has 0 saturated heterocycles. The first-order valence-electron chi connectivity index (χ1n) is 5.81. The van der Waals surface area contributed by atoms with Crippen molar-refractivity contribution < 1.29 is 9.53 Å². The van der Waals surface area contributed by atoms with E-state index >= 15 is 0 Å². The van der Waals surface area contributed by atoms with Crippen LogP contribution in [0, 0.1) is 0 Å². The molecule has 0 aromatic carbocycles. The molecule has 2 rings (SSSR count). The quantitative estimate of drug-likeness (QED) is 0.774. The highest BCUT2D eigenvalue weighted by molar-refractivity contribution is 5.90. The molecule has 0 fully saturated rings. The van der Waals surface area contributed by atoms with Crippen molar-refractivity contribution in [1.29, 1.82) is 0 Å². The van der Waals surface area contributed by atoms with Crippen LogP contribution in [-0.4, -0.2) is 53.9 Å². The van der Waals surface area contributed by atoms with Crippen LogP contribution in [0.25, 0.3) is 0 Å². The van der Waals surface area contributed by atoms with Crippen molar-refractivity contribution in [3.63, 3.8) is 0 Å². The Morgan fingerprint density at radius 3 is 3.12 bits per heavy atom. The van der Waals surface area contributed by atoms with Gasteiger partial charge in [0.1, 0.15) is 12.8 Å². The summed E-state index contributed by atoms with van der Waals surface area (Å²) >= 11 is 0. The third-order valence-corrected chi connectivity index (χ3v) is 2.76. The van der Waals surface area contributed by atoms with Gasteiger partial charge in [-0.25, -0.2) is 9.80 Å². The lowest BCUT2D eigenvalue weighted by Gasteiger charge is -2.25. The Balaban J connectivity index is 1.92. The van der Waals surface area contributed by atoms with E-state index in [1.165, 1.54) is 0 Å². The maximum Gasteiger partial charge on any atom is 0.410 e. The maximum absolute atomic E-state index is 11.7. The Morgan fingerprint density at radius 1 is 1.65 bits per heavy atom. The number of hydrogen-bond acceptors (Lipinski definition) is 6. The summed E-state index contributed by atoms with van der Waals surface area (Å²) in [6, 6.07) is 0. The van der Waals surface area contributed by atoms with Crippen molar-refractivity contribution in [3.05, 3.63) is 0 Å². The highest BCUT2D eigenvalue weighted by Gasteiger charge is 2.27. The lowest BCUT2D eigenvalue weighted by Crippen LogP contribution is -2.39. The molecule has 17 heavy (non-hydrogen) atoms. The van der Waals surface area contributed by atoms with Crippen LogP contribution in [0.2, 0.25) is 0 Å².